The second-order valence-corrected chi connectivity index (χ2v) is 6.45. The largest absolute Gasteiger partial charge is 0.488 e. The van der Waals surface area contributed by atoms with E-state index in [0.717, 1.165) is 30.7 Å². The van der Waals surface area contributed by atoms with E-state index in [-0.39, 0.29) is 23.6 Å². The molecule has 0 aliphatic heterocycles. The van der Waals surface area contributed by atoms with E-state index >= 15 is 0 Å². The van der Waals surface area contributed by atoms with E-state index in [1.54, 1.807) is 0 Å². The molecule has 0 fully saturated rings. The van der Waals surface area contributed by atoms with Crippen molar-refractivity contribution in [3.05, 3.63) is 79.2 Å². The fourth-order valence-corrected chi connectivity index (χ4v) is 3.44. The Morgan fingerprint density at radius 2 is 1.93 bits per heavy atom. The standard InChI is InChI=1S/C20H15NO6/c22-10-14-6-16(21(24)25)4-5-18(14)26-11-15-9-20(23)27-19-8-13-3-1-2-12(13)7-17(15)19/h4-10H,1-3,11H2. The highest BCUT2D eigenvalue weighted by Gasteiger charge is 2.16. The van der Waals surface area contributed by atoms with Crippen LogP contribution in [0.5, 0.6) is 5.75 Å². The molecule has 7 nitrogen and oxygen atoms in total. The highest BCUT2D eigenvalue weighted by Crippen LogP contribution is 2.29. The third kappa shape index (κ3) is 3.19. The Balaban J connectivity index is 1.69. The van der Waals surface area contributed by atoms with Crippen LogP contribution in [0.15, 0.2) is 45.6 Å². The highest BCUT2D eigenvalue weighted by atomic mass is 16.6. The number of ether oxygens (including phenoxy) is 1. The molecule has 0 saturated heterocycles. The van der Waals surface area contributed by atoms with Gasteiger partial charge in [0.15, 0.2) is 6.29 Å². The molecule has 1 heterocycles. The molecule has 1 aromatic heterocycles. The van der Waals surface area contributed by atoms with Gasteiger partial charge in [-0.2, -0.15) is 0 Å². The molecule has 0 spiro atoms. The number of hydrogen-bond donors (Lipinski definition) is 0. The number of rotatable bonds is 5. The Labute approximate surface area is 153 Å². The van der Waals surface area contributed by atoms with Crippen molar-refractivity contribution in [3.8, 4) is 5.75 Å². The lowest BCUT2D eigenvalue weighted by molar-refractivity contribution is -0.384. The molecule has 27 heavy (non-hydrogen) atoms. The monoisotopic (exact) mass is 365 g/mol. The number of aryl methyl sites for hydroxylation is 2. The van der Waals surface area contributed by atoms with Crippen molar-refractivity contribution in [2.75, 3.05) is 0 Å². The second kappa shape index (κ2) is 6.68. The van der Waals surface area contributed by atoms with Crippen molar-refractivity contribution in [2.45, 2.75) is 25.9 Å². The second-order valence-electron chi connectivity index (χ2n) is 6.45. The minimum atomic E-state index is -0.576. The average molecular weight is 365 g/mol. The molecule has 0 N–H and O–H groups in total. The summed E-state index contributed by atoms with van der Waals surface area (Å²) in [6, 6.07) is 9.11. The first-order chi connectivity index (χ1) is 13.0. The Morgan fingerprint density at radius 1 is 1.15 bits per heavy atom. The van der Waals surface area contributed by atoms with Crippen LogP contribution in [-0.4, -0.2) is 11.2 Å². The predicted octanol–water partition coefficient (Wildman–Crippen LogP) is 3.58. The number of carbonyl (C=O) groups excluding carboxylic acids is 1. The molecule has 4 rings (SSSR count). The number of nitro groups is 1. The molecule has 0 bridgehead atoms. The van der Waals surface area contributed by atoms with Crippen LogP contribution in [0.3, 0.4) is 0 Å². The number of aldehydes is 1. The third-order valence-electron chi connectivity index (χ3n) is 4.76. The maximum atomic E-state index is 11.9. The fraction of sp³-hybridized carbons (Fsp3) is 0.200. The number of carbonyl (C=O) groups is 1. The van der Waals surface area contributed by atoms with Crippen LogP contribution in [0.2, 0.25) is 0 Å². The van der Waals surface area contributed by atoms with Crippen molar-refractivity contribution < 1.29 is 18.9 Å². The molecular weight excluding hydrogens is 350 g/mol. The highest BCUT2D eigenvalue weighted by molar-refractivity contribution is 5.83. The summed E-state index contributed by atoms with van der Waals surface area (Å²) in [6.45, 7) is 0.0412. The van der Waals surface area contributed by atoms with Crippen LogP contribution >= 0.6 is 0 Å². The number of non-ortho nitro benzene ring substituents is 1. The first-order valence-corrected chi connectivity index (χ1v) is 8.50. The van der Waals surface area contributed by atoms with Gasteiger partial charge in [0.05, 0.1) is 10.5 Å². The van der Waals surface area contributed by atoms with Gasteiger partial charge in [-0.1, -0.05) is 0 Å². The Bertz CT molecular complexity index is 1130. The molecule has 0 atom stereocenters. The van der Waals surface area contributed by atoms with Crippen molar-refractivity contribution in [3.63, 3.8) is 0 Å². The Hall–Kier alpha value is -3.48. The lowest BCUT2D eigenvalue weighted by Gasteiger charge is -2.11. The van der Waals surface area contributed by atoms with E-state index in [0.29, 0.717) is 17.4 Å². The minimum absolute atomic E-state index is 0.0412. The summed E-state index contributed by atoms with van der Waals surface area (Å²) in [7, 11) is 0. The van der Waals surface area contributed by atoms with E-state index < -0.39 is 10.5 Å². The SMILES string of the molecule is O=Cc1cc([N+](=O)[O-])ccc1OCc1cc(=O)oc2cc3c(cc12)CCC3. The normalized spacial score (nSPS) is 12.7. The minimum Gasteiger partial charge on any atom is -0.488 e. The van der Waals surface area contributed by atoms with Crippen LogP contribution in [0.4, 0.5) is 5.69 Å². The van der Waals surface area contributed by atoms with Crippen LogP contribution in [0, 0.1) is 10.1 Å². The van der Waals surface area contributed by atoms with Crippen molar-refractivity contribution in [1.82, 2.24) is 0 Å². The summed E-state index contributed by atoms with van der Waals surface area (Å²) in [5, 5.41) is 11.6. The Morgan fingerprint density at radius 3 is 2.67 bits per heavy atom. The quantitative estimate of drug-likeness (QED) is 0.296. The molecule has 0 unspecified atom stereocenters. The molecule has 1 aliphatic rings. The number of nitrogens with zero attached hydrogens (tertiary/aromatic N) is 1. The first-order valence-electron chi connectivity index (χ1n) is 8.50. The van der Waals surface area contributed by atoms with Crippen LogP contribution < -0.4 is 10.4 Å². The number of nitro benzene ring substituents is 1. The number of hydrogen-bond acceptors (Lipinski definition) is 6. The van der Waals surface area contributed by atoms with E-state index in [2.05, 4.69) is 0 Å². The molecule has 7 heteroatoms. The summed E-state index contributed by atoms with van der Waals surface area (Å²) in [5.74, 6) is 0.221. The number of fused-ring (bicyclic) bond motifs is 2. The molecule has 1 aliphatic carbocycles. The molecule has 136 valence electrons. The van der Waals surface area contributed by atoms with Crippen LogP contribution in [0.1, 0.15) is 33.5 Å². The van der Waals surface area contributed by atoms with Crippen molar-refractivity contribution in [2.24, 2.45) is 0 Å². The lowest BCUT2D eigenvalue weighted by atomic mass is 10.0. The number of benzene rings is 2. The van der Waals surface area contributed by atoms with Crippen molar-refractivity contribution in [1.29, 1.82) is 0 Å². The van der Waals surface area contributed by atoms with Gasteiger partial charge in [0.2, 0.25) is 0 Å². The van der Waals surface area contributed by atoms with E-state index in [9.17, 15) is 19.7 Å². The first kappa shape index (κ1) is 17.0. The fourth-order valence-electron chi connectivity index (χ4n) is 3.44. The zero-order valence-electron chi connectivity index (χ0n) is 14.3. The van der Waals surface area contributed by atoms with Gasteiger partial charge in [-0.25, -0.2) is 4.79 Å². The molecular formula is C20H15NO6. The third-order valence-corrected chi connectivity index (χ3v) is 4.76. The van der Waals surface area contributed by atoms with Gasteiger partial charge >= 0.3 is 5.63 Å². The van der Waals surface area contributed by atoms with Gasteiger partial charge in [0, 0.05) is 29.1 Å². The van der Waals surface area contributed by atoms with E-state index in [1.807, 2.05) is 12.1 Å². The van der Waals surface area contributed by atoms with Gasteiger partial charge < -0.3 is 9.15 Å². The zero-order valence-corrected chi connectivity index (χ0v) is 14.3. The molecule has 0 radical (unpaired) electrons. The van der Waals surface area contributed by atoms with E-state index in [4.69, 9.17) is 9.15 Å². The molecule has 0 saturated carbocycles. The van der Waals surface area contributed by atoms with E-state index in [1.165, 1.54) is 29.3 Å². The summed E-state index contributed by atoms with van der Waals surface area (Å²) < 4.78 is 11.0. The van der Waals surface area contributed by atoms with Gasteiger partial charge in [0.25, 0.3) is 5.69 Å². The molecule has 0 amide bonds. The maximum Gasteiger partial charge on any atom is 0.336 e. The average Bonchev–Trinajstić information content (AvgIpc) is 3.11. The van der Waals surface area contributed by atoms with Crippen molar-refractivity contribution >= 4 is 22.9 Å². The Kier molecular flexibility index (Phi) is 4.19. The summed E-state index contributed by atoms with van der Waals surface area (Å²) >= 11 is 0. The van der Waals surface area contributed by atoms with Crippen LogP contribution in [-0.2, 0) is 19.4 Å². The van der Waals surface area contributed by atoms with Gasteiger partial charge in [-0.15, -0.1) is 0 Å². The summed E-state index contributed by atoms with van der Waals surface area (Å²) in [6.07, 6.45) is 3.55. The maximum absolute atomic E-state index is 11.9. The lowest BCUT2D eigenvalue weighted by Crippen LogP contribution is -2.05. The zero-order chi connectivity index (χ0) is 19.0. The van der Waals surface area contributed by atoms with Gasteiger partial charge in [-0.3, -0.25) is 14.9 Å². The van der Waals surface area contributed by atoms with Gasteiger partial charge in [0.1, 0.15) is 17.9 Å². The summed E-state index contributed by atoms with van der Waals surface area (Å²) in [5.41, 5.74) is 3.01. The smallest absolute Gasteiger partial charge is 0.336 e. The van der Waals surface area contributed by atoms with Gasteiger partial charge in [-0.05, 0) is 48.6 Å². The predicted molar refractivity (Wildman–Crippen MR) is 97.3 cm³/mol. The topological polar surface area (TPSA) is 99.6 Å². The molecule has 2 aromatic carbocycles. The molecule has 3 aromatic rings. The summed E-state index contributed by atoms with van der Waals surface area (Å²) in [4.78, 5) is 33.4. The van der Waals surface area contributed by atoms with Crippen LogP contribution in [0.25, 0.3) is 11.0 Å².